The standard InChI is InChI=1S/C22H19F2N3OS/c23-13-7-8-19(17(24)10-13)27-11-15-16(12-27)21(15)26-22(28)25-18-5-2-1-4-14(18)20-6-3-9-29-20/h1-10,15-16,21H,11-12H2,(H2,25,26,28)/t15-,16+,21?. The van der Waals surface area contributed by atoms with Crippen molar-refractivity contribution in [2.45, 2.75) is 6.04 Å². The maximum absolute atomic E-state index is 14.0. The molecule has 4 nitrogen and oxygen atoms in total. The van der Waals surface area contributed by atoms with Crippen LogP contribution in [0.5, 0.6) is 0 Å². The van der Waals surface area contributed by atoms with Gasteiger partial charge in [0.2, 0.25) is 0 Å². The number of halogens is 2. The van der Waals surface area contributed by atoms with Crippen LogP contribution in [0.2, 0.25) is 0 Å². The summed E-state index contributed by atoms with van der Waals surface area (Å²) in [6.07, 6.45) is 0. The number of hydrogen-bond donors (Lipinski definition) is 2. The Morgan fingerprint density at radius 3 is 2.55 bits per heavy atom. The van der Waals surface area contributed by atoms with Crippen molar-refractivity contribution in [1.29, 1.82) is 0 Å². The van der Waals surface area contributed by atoms with E-state index in [-0.39, 0.29) is 23.9 Å². The molecule has 5 rings (SSSR count). The number of carbonyl (C=O) groups is 1. The van der Waals surface area contributed by atoms with Crippen LogP contribution in [0.1, 0.15) is 0 Å². The molecule has 29 heavy (non-hydrogen) atoms. The van der Waals surface area contributed by atoms with E-state index in [1.807, 2.05) is 46.7 Å². The molecule has 1 aliphatic heterocycles. The number of anilines is 2. The normalized spacial score (nSPS) is 22.3. The predicted molar refractivity (Wildman–Crippen MR) is 111 cm³/mol. The first kappa shape index (κ1) is 18.1. The molecule has 2 N–H and O–H groups in total. The van der Waals surface area contributed by atoms with E-state index in [0.29, 0.717) is 18.8 Å². The molecule has 3 atom stereocenters. The Kier molecular flexibility index (Phi) is 4.47. The highest BCUT2D eigenvalue weighted by atomic mass is 32.1. The lowest BCUT2D eigenvalue weighted by molar-refractivity contribution is 0.250. The Hall–Kier alpha value is -2.93. The number of fused-ring (bicyclic) bond motifs is 1. The first-order chi connectivity index (χ1) is 14.1. The molecule has 2 amide bonds. The summed E-state index contributed by atoms with van der Waals surface area (Å²) < 4.78 is 27.1. The second-order valence-electron chi connectivity index (χ2n) is 7.48. The molecule has 1 aromatic heterocycles. The van der Waals surface area contributed by atoms with Gasteiger partial charge < -0.3 is 15.5 Å². The number of thiophene rings is 1. The lowest BCUT2D eigenvalue weighted by atomic mass is 10.1. The third-order valence-electron chi connectivity index (χ3n) is 5.70. The number of hydrogen-bond acceptors (Lipinski definition) is 3. The lowest BCUT2D eigenvalue weighted by Gasteiger charge is -2.23. The zero-order chi connectivity index (χ0) is 20.0. The number of urea groups is 1. The van der Waals surface area contributed by atoms with Crippen molar-refractivity contribution in [3.63, 3.8) is 0 Å². The zero-order valence-electron chi connectivity index (χ0n) is 15.4. The quantitative estimate of drug-likeness (QED) is 0.638. The summed E-state index contributed by atoms with van der Waals surface area (Å²) in [7, 11) is 0. The van der Waals surface area contributed by atoms with Crippen LogP contribution in [0.3, 0.4) is 0 Å². The van der Waals surface area contributed by atoms with Crippen LogP contribution in [-0.2, 0) is 0 Å². The summed E-state index contributed by atoms with van der Waals surface area (Å²) in [4.78, 5) is 15.5. The smallest absolute Gasteiger partial charge is 0.319 e. The van der Waals surface area contributed by atoms with E-state index >= 15 is 0 Å². The Bertz CT molecular complexity index is 1040. The van der Waals surface area contributed by atoms with Gasteiger partial charge >= 0.3 is 6.03 Å². The van der Waals surface area contributed by atoms with Crippen LogP contribution < -0.4 is 15.5 Å². The first-order valence-electron chi connectivity index (χ1n) is 9.50. The van der Waals surface area contributed by atoms with Crippen molar-refractivity contribution in [2.75, 3.05) is 23.3 Å². The Labute approximate surface area is 171 Å². The molecular formula is C22H19F2N3OS. The highest BCUT2D eigenvalue weighted by Gasteiger charge is 2.56. The molecule has 0 radical (unpaired) electrons. The van der Waals surface area contributed by atoms with E-state index in [1.165, 1.54) is 12.1 Å². The third kappa shape index (κ3) is 3.46. The minimum atomic E-state index is -0.574. The average Bonchev–Trinajstić information content (AvgIpc) is 3.13. The van der Waals surface area contributed by atoms with Gasteiger partial charge in [0.05, 0.1) is 11.4 Å². The van der Waals surface area contributed by atoms with Gasteiger partial charge in [-0.25, -0.2) is 13.6 Å². The molecule has 7 heteroatoms. The summed E-state index contributed by atoms with van der Waals surface area (Å²) >= 11 is 1.63. The van der Waals surface area contributed by atoms with E-state index in [2.05, 4.69) is 10.6 Å². The summed E-state index contributed by atoms with van der Waals surface area (Å²) in [5.74, 6) is -0.538. The monoisotopic (exact) mass is 411 g/mol. The summed E-state index contributed by atoms with van der Waals surface area (Å²) in [6.45, 7) is 1.31. The van der Waals surface area contributed by atoms with Gasteiger partial charge in [-0.05, 0) is 29.6 Å². The van der Waals surface area contributed by atoms with E-state index < -0.39 is 11.6 Å². The number of nitrogens with zero attached hydrogens (tertiary/aromatic N) is 1. The molecule has 0 spiro atoms. The fourth-order valence-electron chi connectivity index (χ4n) is 4.22. The van der Waals surface area contributed by atoms with Crippen molar-refractivity contribution < 1.29 is 13.6 Å². The third-order valence-corrected chi connectivity index (χ3v) is 6.61. The molecule has 148 valence electrons. The van der Waals surface area contributed by atoms with Crippen molar-refractivity contribution >= 4 is 28.7 Å². The van der Waals surface area contributed by atoms with Gasteiger partial charge in [0.1, 0.15) is 11.6 Å². The van der Waals surface area contributed by atoms with Crippen molar-refractivity contribution in [3.8, 4) is 10.4 Å². The number of benzene rings is 2. The predicted octanol–water partition coefficient (Wildman–Crippen LogP) is 4.95. The lowest BCUT2D eigenvalue weighted by Crippen LogP contribution is -2.37. The Balaban J connectivity index is 1.20. The van der Waals surface area contributed by atoms with Gasteiger partial charge in [-0.1, -0.05) is 24.3 Å². The van der Waals surface area contributed by atoms with Crippen molar-refractivity contribution in [1.82, 2.24) is 5.32 Å². The Morgan fingerprint density at radius 2 is 1.83 bits per heavy atom. The van der Waals surface area contributed by atoms with Gasteiger partial charge in [0.25, 0.3) is 0 Å². The summed E-state index contributed by atoms with van der Waals surface area (Å²) in [5.41, 5.74) is 2.19. The maximum Gasteiger partial charge on any atom is 0.319 e. The van der Waals surface area contributed by atoms with Gasteiger partial charge in [0.15, 0.2) is 0 Å². The van der Waals surface area contributed by atoms with Gasteiger partial charge in [-0.15, -0.1) is 11.3 Å². The number of carbonyl (C=O) groups excluding carboxylic acids is 1. The fraction of sp³-hybridized carbons (Fsp3) is 0.227. The topological polar surface area (TPSA) is 44.4 Å². The van der Waals surface area contributed by atoms with Crippen molar-refractivity contribution in [2.24, 2.45) is 11.8 Å². The SMILES string of the molecule is O=C(Nc1ccccc1-c1cccs1)NC1[C@H]2CN(c3ccc(F)cc3F)C[C@@H]12. The molecule has 1 unspecified atom stereocenters. The van der Waals surface area contributed by atoms with E-state index in [1.54, 1.807) is 11.3 Å². The minimum absolute atomic E-state index is 0.0867. The number of para-hydroxylation sites is 1. The summed E-state index contributed by atoms with van der Waals surface area (Å²) in [6, 6.07) is 15.3. The van der Waals surface area contributed by atoms with Gasteiger partial charge in [-0.2, -0.15) is 0 Å². The molecule has 2 heterocycles. The number of rotatable bonds is 4. The largest absolute Gasteiger partial charge is 0.368 e. The van der Waals surface area contributed by atoms with Crippen LogP contribution in [0.25, 0.3) is 10.4 Å². The van der Waals surface area contributed by atoms with E-state index in [4.69, 9.17) is 0 Å². The maximum atomic E-state index is 14.0. The molecule has 3 aromatic rings. The number of nitrogens with one attached hydrogen (secondary N) is 2. The first-order valence-corrected chi connectivity index (χ1v) is 10.4. The molecule has 2 fully saturated rings. The number of amides is 2. The van der Waals surface area contributed by atoms with Crippen LogP contribution in [-0.4, -0.2) is 25.2 Å². The second kappa shape index (κ2) is 7.15. The van der Waals surface area contributed by atoms with E-state index in [0.717, 1.165) is 22.2 Å². The van der Waals surface area contributed by atoms with Crippen LogP contribution in [0.15, 0.2) is 60.0 Å². The highest BCUT2D eigenvalue weighted by molar-refractivity contribution is 7.13. The van der Waals surface area contributed by atoms with Crippen LogP contribution in [0, 0.1) is 23.5 Å². The van der Waals surface area contributed by atoms with Gasteiger partial charge in [0, 0.05) is 47.5 Å². The molecule has 2 aliphatic rings. The molecule has 1 saturated carbocycles. The average molecular weight is 411 g/mol. The molecule has 0 bridgehead atoms. The van der Waals surface area contributed by atoms with Crippen LogP contribution >= 0.6 is 11.3 Å². The fourth-order valence-corrected chi connectivity index (χ4v) is 4.99. The van der Waals surface area contributed by atoms with E-state index in [9.17, 15) is 13.6 Å². The van der Waals surface area contributed by atoms with Crippen molar-refractivity contribution in [3.05, 3.63) is 71.6 Å². The minimum Gasteiger partial charge on any atom is -0.368 e. The Morgan fingerprint density at radius 1 is 1.03 bits per heavy atom. The molecular weight excluding hydrogens is 392 g/mol. The molecule has 1 aliphatic carbocycles. The second-order valence-corrected chi connectivity index (χ2v) is 8.42. The zero-order valence-corrected chi connectivity index (χ0v) is 16.3. The highest BCUT2D eigenvalue weighted by Crippen LogP contribution is 2.47. The molecule has 1 saturated heterocycles. The van der Waals surface area contributed by atoms with Crippen LogP contribution in [0.4, 0.5) is 25.0 Å². The number of piperidine rings is 1. The van der Waals surface area contributed by atoms with Gasteiger partial charge in [-0.3, -0.25) is 0 Å². The summed E-state index contributed by atoms with van der Waals surface area (Å²) in [5, 5.41) is 8.01. The molecule has 2 aromatic carbocycles.